The smallest absolute Gasteiger partial charge is 0.204 e. The van der Waals surface area contributed by atoms with Gasteiger partial charge in [-0.25, -0.2) is 17.6 Å². The van der Waals surface area contributed by atoms with E-state index in [0.717, 1.165) is 0 Å². The third-order valence-corrected chi connectivity index (χ3v) is 1.52. The van der Waals surface area contributed by atoms with E-state index in [1.807, 2.05) is 0 Å². The molecule has 0 aromatic rings. The minimum atomic E-state index is -5.27. The fourth-order valence-electron chi connectivity index (χ4n) is 0.640. The van der Waals surface area contributed by atoms with Crippen LogP contribution in [-0.2, 0) is 0 Å². The molecule has 0 bridgehead atoms. The lowest BCUT2D eigenvalue weighted by atomic mass is 10.0. The summed E-state index contributed by atoms with van der Waals surface area (Å²) in [6.45, 7) is 2.31. The summed E-state index contributed by atoms with van der Waals surface area (Å²) in [5, 5.41) is 0. The molecular weight excluding hydrogens is 236 g/mol. The number of halogens is 8. The van der Waals surface area contributed by atoms with Gasteiger partial charge in [-0.15, -0.1) is 0 Å². The molecule has 0 aromatic heterocycles. The lowest BCUT2D eigenvalue weighted by Gasteiger charge is -2.27. The Kier molecular flexibility index (Phi) is 3.76. The average Bonchev–Trinajstić information content (AvgIpc) is 2.01. The highest BCUT2D eigenvalue weighted by atomic mass is 19.3. The summed E-state index contributed by atoms with van der Waals surface area (Å²) >= 11 is 0. The van der Waals surface area contributed by atoms with E-state index in [4.69, 9.17) is 0 Å². The molecule has 0 aliphatic rings. The zero-order chi connectivity index (χ0) is 12.5. The van der Waals surface area contributed by atoms with Crippen molar-refractivity contribution >= 4 is 0 Å². The number of alkyl halides is 8. The highest BCUT2D eigenvalue weighted by Gasteiger charge is 2.61. The van der Waals surface area contributed by atoms with E-state index in [1.165, 1.54) is 0 Å². The third kappa shape index (κ3) is 3.07. The summed E-state index contributed by atoms with van der Waals surface area (Å²) < 4.78 is 96.6. The molecule has 0 amide bonds. The fourth-order valence-corrected chi connectivity index (χ4v) is 0.640. The van der Waals surface area contributed by atoms with Crippen LogP contribution in [-0.4, -0.2) is 24.2 Å². The number of rotatable bonds is 5. The van der Waals surface area contributed by atoms with E-state index in [1.54, 1.807) is 0 Å². The van der Waals surface area contributed by atoms with Crippen LogP contribution >= 0.6 is 0 Å². The SMILES string of the molecule is C=CC(F)(F)C(F)(F)CC(F)(F)C(F)F. The Balaban J connectivity index is 4.86. The first-order valence-electron chi connectivity index (χ1n) is 3.51. The molecule has 0 fully saturated rings. The molecule has 15 heavy (non-hydrogen) atoms. The van der Waals surface area contributed by atoms with E-state index in [-0.39, 0.29) is 0 Å². The minimum Gasteiger partial charge on any atom is -0.204 e. The molecule has 0 atom stereocenters. The Morgan fingerprint density at radius 3 is 1.67 bits per heavy atom. The molecule has 0 heterocycles. The highest BCUT2D eigenvalue weighted by molar-refractivity contribution is 5.00. The van der Waals surface area contributed by atoms with Crippen molar-refractivity contribution in [1.82, 2.24) is 0 Å². The summed E-state index contributed by atoms with van der Waals surface area (Å²) in [6, 6.07) is 0. The van der Waals surface area contributed by atoms with Crippen LogP contribution in [0.25, 0.3) is 0 Å². The van der Waals surface area contributed by atoms with Crippen LogP contribution in [0.2, 0.25) is 0 Å². The van der Waals surface area contributed by atoms with Gasteiger partial charge < -0.3 is 0 Å². The average molecular weight is 242 g/mol. The predicted molar refractivity (Wildman–Crippen MR) is 35.7 cm³/mol. The highest BCUT2D eigenvalue weighted by Crippen LogP contribution is 2.44. The second-order valence-electron chi connectivity index (χ2n) is 2.77. The van der Waals surface area contributed by atoms with Crippen molar-refractivity contribution in [1.29, 1.82) is 0 Å². The first kappa shape index (κ1) is 14.2. The lowest BCUT2D eigenvalue weighted by Crippen LogP contribution is -2.45. The molecule has 0 saturated carbocycles. The Hall–Kier alpha value is -0.820. The summed E-state index contributed by atoms with van der Waals surface area (Å²) in [7, 11) is 0. The third-order valence-electron chi connectivity index (χ3n) is 1.52. The number of hydrogen-bond acceptors (Lipinski definition) is 0. The predicted octanol–water partition coefficient (Wildman–Crippen LogP) is 3.73. The van der Waals surface area contributed by atoms with E-state index >= 15 is 0 Å². The van der Waals surface area contributed by atoms with Crippen molar-refractivity contribution in [3.63, 3.8) is 0 Å². The van der Waals surface area contributed by atoms with Gasteiger partial charge in [-0.05, 0) is 6.08 Å². The van der Waals surface area contributed by atoms with Gasteiger partial charge in [-0.2, -0.15) is 17.6 Å². The van der Waals surface area contributed by atoms with Gasteiger partial charge >= 0.3 is 24.2 Å². The zero-order valence-corrected chi connectivity index (χ0v) is 7.09. The molecule has 0 aliphatic heterocycles. The van der Waals surface area contributed by atoms with Gasteiger partial charge in [-0.3, -0.25) is 0 Å². The van der Waals surface area contributed by atoms with Crippen LogP contribution in [0.4, 0.5) is 35.1 Å². The number of hydrogen-bond donors (Lipinski definition) is 0. The zero-order valence-electron chi connectivity index (χ0n) is 7.09. The van der Waals surface area contributed by atoms with Crippen molar-refractivity contribution < 1.29 is 35.1 Å². The molecule has 0 radical (unpaired) electrons. The molecule has 0 aliphatic carbocycles. The first-order chi connectivity index (χ1) is 6.46. The Morgan fingerprint density at radius 1 is 1.00 bits per heavy atom. The topological polar surface area (TPSA) is 0 Å². The monoisotopic (exact) mass is 242 g/mol. The van der Waals surface area contributed by atoms with Crippen LogP contribution in [0.15, 0.2) is 12.7 Å². The molecule has 0 saturated heterocycles. The molecule has 8 heteroatoms. The maximum atomic E-state index is 12.4. The van der Waals surface area contributed by atoms with Gasteiger partial charge in [0.1, 0.15) is 0 Å². The Labute approximate surface area is 79.6 Å². The second kappa shape index (κ2) is 3.97. The largest absolute Gasteiger partial charge is 0.328 e. The fraction of sp³-hybridized carbons (Fsp3) is 0.714. The van der Waals surface area contributed by atoms with Crippen molar-refractivity contribution in [3.8, 4) is 0 Å². The molecule has 0 aromatic carbocycles. The van der Waals surface area contributed by atoms with E-state index in [9.17, 15) is 35.1 Å². The minimum absolute atomic E-state index is 0.561. The number of allylic oxidation sites excluding steroid dienone is 1. The maximum absolute atomic E-state index is 12.4. The molecular formula is C7H6F8. The van der Waals surface area contributed by atoms with Crippen molar-refractivity contribution in [2.45, 2.75) is 30.6 Å². The Bertz CT molecular complexity index is 231. The molecule has 0 rings (SSSR count). The van der Waals surface area contributed by atoms with Crippen LogP contribution in [0, 0.1) is 0 Å². The summed E-state index contributed by atoms with van der Waals surface area (Å²) in [6.07, 6.45) is -7.92. The lowest BCUT2D eigenvalue weighted by molar-refractivity contribution is -0.238. The Morgan fingerprint density at radius 2 is 1.40 bits per heavy atom. The summed E-state index contributed by atoms with van der Waals surface area (Å²) in [5.74, 6) is -15.4. The van der Waals surface area contributed by atoms with E-state index in [0.29, 0.717) is 0 Å². The maximum Gasteiger partial charge on any atom is 0.328 e. The van der Waals surface area contributed by atoms with E-state index < -0.39 is 36.7 Å². The van der Waals surface area contributed by atoms with Gasteiger partial charge in [0.05, 0.1) is 6.42 Å². The van der Waals surface area contributed by atoms with Crippen molar-refractivity contribution in [2.24, 2.45) is 0 Å². The van der Waals surface area contributed by atoms with Gasteiger partial charge in [0, 0.05) is 0 Å². The van der Waals surface area contributed by atoms with Crippen LogP contribution in [0.5, 0.6) is 0 Å². The van der Waals surface area contributed by atoms with Gasteiger partial charge in [0.2, 0.25) is 0 Å². The van der Waals surface area contributed by atoms with Crippen LogP contribution in [0.3, 0.4) is 0 Å². The van der Waals surface area contributed by atoms with E-state index in [2.05, 4.69) is 6.58 Å². The molecule has 90 valence electrons. The normalized spacial score (nSPS) is 14.5. The summed E-state index contributed by atoms with van der Waals surface area (Å²) in [4.78, 5) is 0. The molecule has 0 N–H and O–H groups in total. The van der Waals surface area contributed by atoms with Crippen LogP contribution in [0.1, 0.15) is 6.42 Å². The standard InChI is InChI=1S/C7H6F8/c1-2-6(12,13)7(14,15)3-5(10,11)4(8)9/h2,4H,1,3H2. The van der Waals surface area contributed by atoms with Gasteiger partial charge in [-0.1, -0.05) is 6.58 Å². The van der Waals surface area contributed by atoms with Crippen LogP contribution < -0.4 is 0 Å². The molecule has 0 spiro atoms. The van der Waals surface area contributed by atoms with Gasteiger partial charge in [0.15, 0.2) is 0 Å². The quantitative estimate of drug-likeness (QED) is 0.509. The van der Waals surface area contributed by atoms with Gasteiger partial charge in [0.25, 0.3) is 0 Å². The first-order valence-corrected chi connectivity index (χ1v) is 3.51. The molecule has 0 nitrogen and oxygen atoms in total. The summed E-state index contributed by atoms with van der Waals surface area (Å²) in [5.41, 5.74) is 0. The van der Waals surface area contributed by atoms with Crippen molar-refractivity contribution in [2.75, 3.05) is 0 Å². The molecule has 0 unspecified atom stereocenters. The second-order valence-corrected chi connectivity index (χ2v) is 2.77. The van der Waals surface area contributed by atoms with Crippen molar-refractivity contribution in [3.05, 3.63) is 12.7 Å².